The lowest BCUT2D eigenvalue weighted by molar-refractivity contribution is 0.0940. The van der Waals surface area contributed by atoms with Crippen molar-refractivity contribution in [3.05, 3.63) is 23.5 Å². The molecule has 96 valence electrons. The van der Waals surface area contributed by atoms with Gasteiger partial charge in [0, 0.05) is 11.0 Å². The second-order valence-corrected chi connectivity index (χ2v) is 4.35. The third-order valence-electron chi connectivity index (χ3n) is 2.62. The van der Waals surface area contributed by atoms with E-state index < -0.39 is 11.2 Å². The number of hydrogen-bond acceptors (Lipinski definition) is 4. The maximum atomic E-state index is 13.7. The van der Waals surface area contributed by atoms with Gasteiger partial charge in [-0.3, -0.25) is 0 Å². The third-order valence-corrected chi connectivity index (χ3v) is 2.62. The maximum Gasteiger partial charge on any atom is 0.165 e. The molecule has 0 unspecified atom stereocenters. The first-order chi connectivity index (χ1) is 7.97. The summed E-state index contributed by atoms with van der Waals surface area (Å²) in [5, 5.41) is 0. The second-order valence-electron chi connectivity index (χ2n) is 4.35. The Morgan fingerprint density at radius 2 is 1.88 bits per heavy atom. The Bertz CT molecular complexity index is 394. The lowest BCUT2D eigenvalue weighted by Crippen LogP contribution is -2.27. The van der Waals surface area contributed by atoms with Crippen molar-refractivity contribution in [3.63, 3.8) is 0 Å². The van der Waals surface area contributed by atoms with Gasteiger partial charge in [0.25, 0.3) is 0 Å². The van der Waals surface area contributed by atoms with Crippen LogP contribution in [0.4, 0.5) is 4.39 Å². The van der Waals surface area contributed by atoms with Crippen molar-refractivity contribution < 1.29 is 18.7 Å². The minimum Gasteiger partial charge on any atom is -0.496 e. The first kappa shape index (κ1) is 13.7. The molecule has 0 fully saturated rings. The molecule has 0 heterocycles. The fraction of sp³-hybridized carbons (Fsp3) is 0.500. The number of benzene rings is 1. The fourth-order valence-corrected chi connectivity index (χ4v) is 1.83. The molecule has 5 heteroatoms. The van der Waals surface area contributed by atoms with Crippen LogP contribution >= 0.6 is 0 Å². The monoisotopic (exact) mass is 243 g/mol. The van der Waals surface area contributed by atoms with Crippen molar-refractivity contribution in [3.8, 4) is 11.5 Å². The summed E-state index contributed by atoms with van der Waals surface area (Å²) in [6, 6.07) is 2.87. The molecule has 0 radical (unpaired) electrons. The standard InChI is InChI=1S/C12H18FNO3/c1-12(2,7-17-14)10-9(15-3)6-5-8(13)11(10)16-4/h5-6H,7,14H2,1-4H3. The van der Waals surface area contributed by atoms with Gasteiger partial charge >= 0.3 is 0 Å². The summed E-state index contributed by atoms with van der Waals surface area (Å²) in [5.74, 6) is 5.37. The summed E-state index contributed by atoms with van der Waals surface area (Å²) in [4.78, 5) is 4.67. The topological polar surface area (TPSA) is 53.7 Å². The SMILES string of the molecule is COc1ccc(F)c(OC)c1C(C)(C)CON. The summed E-state index contributed by atoms with van der Waals surface area (Å²) < 4.78 is 24.0. The molecule has 1 aromatic rings. The van der Waals surface area contributed by atoms with Crippen LogP contribution in [-0.2, 0) is 10.3 Å². The molecule has 0 atom stereocenters. The van der Waals surface area contributed by atoms with E-state index in [2.05, 4.69) is 4.84 Å². The van der Waals surface area contributed by atoms with Crippen molar-refractivity contribution in [1.82, 2.24) is 0 Å². The van der Waals surface area contributed by atoms with Crippen molar-refractivity contribution in [1.29, 1.82) is 0 Å². The number of ether oxygens (including phenoxy) is 2. The highest BCUT2D eigenvalue weighted by Gasteiger charge is 2.30. The molecule has 0 saturated heterocycles. The molecule has 0 aliphatic rings. The van der Waals surface area contributed by atoms with Crippen LogP contribution in [0.2, 0.25) is 0 Å². The molecule has 0 saturated carbocycles. The summed E-state index contributed by atoms with van der Waals surface area (Å²) in [7, 11) is 2.94. The molecular formula is C12H18FNO3. The molecule has 1 aromatic carbocycles. The Kier molecular flexibility index (Phi) is 4.31. The maximum absolute atomic E-state index is 13.7. The number of nitrogens with two attached hydrogens (primary N) is 1. The highest BCUT2D eigenvalue weighted by Crippen LogP contribution is 2.40. The minimum atomic E-state index is -0.520. The first-order valence-electron chi connectivity index (χ1n) is 5.20. The largest absolute Gasteiger partial charge is 0.496 e. The van der Waals surface area contributed by atoms with Crippen LogP contribution in [0.5, 0.6) is 11.5 Å². The molecule has 0 amide bonds. The summed E-state index contributed by atoms with van der Waals surface area (Å²) in [6.45, 7) is 3.97. The van der Waals surface area contributed by atoms with Gasteiger partial charge < -0.3 is 14.3 Å². The molecule has 0 spiro atoms. The summed E-state index contributed by atoms with van der Waals surface area (Å²) in [5.41, 5.74) is 0.0843. The van der Waals surface area contributed by atoms with Gasteiger partial charge in [0.1, 0.15) is 5.75 Å². The van der Waals surface area contributed by atoms with E-state index in [0.717, 1.165) is 0 Å². The molecule has 0 bridgehead atoms. The van der Waals surface area contributed by atoms with Crippen molar-refractivity contribution >= 4 is 0 Å². The van der Waals surface area contributed by atoms with Gasteiger partial charge in [-0.1, -0.05) is 13.8 Å². The Hall–Kier alpha value is -1.33. The Morgan fingerprint density at radius 1 is 1.24 bits per heavy atom. The van der Waals surface area contributed by atoms with Gasteiger partial charge in [-0.2, -0.15) is 0 Å². The van der Waals surface area contributed by atoms with E-state index in [4.69, 9.17) is 15.4 Å². The van der Waals surface area contributed by atoms with E-state index in [1.165, 1.54) is 20.3 Å². The third kappa shape index (κ3) is 2.68. The van der Waals surface area contributed by atoms with Crippen LogP contribution in [0.25, 0.3) is 0 Å². The zero-order valence-corrected chi connectivity index (χ0v) is 10.5. The first-order valence-corrected chi connectivity index (χ1v) is 5.20. The van der Waals surface area contributed by atoms with Crippen LogP contribution < -0.4 is 15.4 Å². The van der Waals surface area contributed by atoms with E-state index in [-0.39, 0.29) is 12.4 Å². The Labute approximate surface area is 100 Å². The predicted octanol–water partition coefficient (Wildman–Crippen LogP) is 2.01. The normalized spacial score (nSPS) is 11.4. The van der Waals surface area contributed by atoms with Crippen LogP contribution in [0, 0.1) is 5.82 Å². The average molecular weight is 243 g/mol. The highest BCUT2D eigenvalue weighted by molar-refractivity contribution is 5.50. The van der Waals surface area contributed by atoms with Gasteiger partial charge in [-0.15, -0.1) is 0 Å². The fourth-order valence-electron chi connectivity index (χ4n) is 1.83. The lowest BCUT2D eigenvalue weighted by atomic mass is 9.84. The van der Waals surface area contributed by atoms with Crippen molar-refractivity contribution in [2.45, 2.75) is 19.3 Å². The van der Waals surface area contributed by atoms with Crippen LogP contribution in [0.1, 0.15) is 19.4 Å². The van der Waals surface area contributed by atoms with E-state index >= 15 is 0 Å². The van der Waals surface area contributed by atoms with E-state index in [9.17, 15) is 4.39 Å². The summed E-state index contributed by atoms with van der Waals surface area (Å²) in [6.07, 6.45) is 0. The van der Waals surface area contributed by atoms with Crippen LogP contribution in [0.3, 0.4) is 0 Å². The smallest absolute Gasteiger partial charge is 0.165 e. The molecule has 0 aliphatic heterocycles. The van der Waals surface area contributed by atoms with Crippen molar-refractivity contribution in [2.24, 2.45) is 5.90 Å². The van der Waals surface area contributed by atoms with Crippen LogP contribution in [-0.4, -0.2) is 20.8 Å². The van der Waals surface area contributed by atoms with Crippen LogP contribution in [0.15, 0.2) is 12.1 Å². The lowest BCUT2D eigenvalue weighted by Gasteiger charge is -2.27. The molecule has 17 heavy (non-hydrogen) atoms. The van der Waals surface area contributed by atoms with Gasteiger partial charge in [0.05, 0.1) is 20.8 Å². The second kappa shape index (κ2) is 5.33. The van der Waals surface area contributed by atoms with E-state index in [0.29, 0.717) is 11.3 Å². The predicted molar refractivity (Wildman–Crippen MR) is 62.7 cm³/mol. The highest BCUT2D eigenvalue weighted by atomic mass is 19.1. The number of methoxy groups -OCH3 is 2. The molecular weight excluding hydrogens is 225 g/mol. The summed E-state index contributed by atoms with van der Waals surface area (Å²) >= 11 is 0. The average Bonchev–Trinajstić information content (AvgIpc) is 2.28. The number of rotatable bonds is 5. The molecule has 0 aromatic heterocycles. The van der Waals surface area contributed by atoms with E-state index in [1.54, 1.807) is 6.07 Å². The molecule has 0 aliphatic carbocycles. The van der Waals surface area contributed by atoms with Crippen molar-refractivity contribution in [2.75, 3.05) is 20.8 Å². The molecule has 4 nitrogen and oxygen atoms in total. The Morgan fingerprint density at radius 3 is 2.35 bits per heavy atom. The van der Waals surface area contributed by atoms with E-state index in [1.807, 2.05) is 13.8 Å². The Balaban J connectivity index is 3.41. The molecule has 2 N–H and O–H groups in total. The van der Waals surface area contributed by atoms with Gasteiger partial charge in [-0.25, -0.2) is 10.3 Å². The zero-order valence-electron chi connectivity index (χ0n) is 10.5. The zero-order chi connectivity index (χ0) is 13.1. The molecule has 1 rings (SSSR count). The minimum absolute atomic E-state index is 0.159. The van der Waals surface area contributed by atoms with Gasteiger partial charge in [0.15, 0.2) is 11.6 Å². The number of hydrogen-bond donors (Lipinski definition) is 1. The van der Waals surface area contributed by atoms with Gasteiger partial charge in [-0.05, 0) is 12.1 Å². The van der Waals surface area contributed by atoms with Gasteiger partial charge in [0.2, 0.25) is 0 Å². The quantitative estimate of drug-likeness (QED) is 0.804. The number of halogens is 1.